The van der Waals surface area contributed by atoms with Crippen LogP contribution in [0.4, 0.5) is 0 Å². The van der Waals surface area contributed by atoms with Gasteiger partial charge in [0.1, 0.15) is 0 Å². The molecule has 0 bridgehead atoms. The monoisotopic (exact) mass is 918 g/mol. The summed E-state index contributed by atoms with van der Waals surface area (Å²) in [6.07, 6.45) is 69.5. The van der Waals surface area contributed by atoms with E-state index in [0.717, 1.165) is 25.7 Å². The van der Waals surface area contributed by atoms with Crippen molar-refractivity contribution in [3.8, 4) is 0 Å². The third-order valence-corrected chi connectivity index (χ3v) is 14.3. The maximum Gasteiger partial charge on any atom is 0.222 e. The Morgan fingerprint density at radius 3 is 0.892 bits per heavy atom. The van der Waals surface area contributed by atoms with Crippen LogP contribution in [0.2, 0.25) is 0 Å². The third kappa shape index (κ3) is 52.3. The lowest BCUT2D eigenvalue weighted by Crippen LogP contribution is -2.46. The van der Waals surface area contributed by atoms with Gasteiger partial charge in [0.15, 0.2) is 0 Å². The third-order valence-electron chi connectivity index (χ3n) is 14.3. The zero-order valence-corrected chi connectivity index (χ0v) is 44.4. The molecule has 5 heteroatoms. The molecular weight excluding hydrogens is 799 g/mol. The van der Waals surface area contributed by atoms with Crippen molar-refractivity contribution in [3.63, 3.8) is 0 Å². The second-order valence-corrected chi connectivity index (χ2v) is 21.0. The Hall–Kier alpha value is -0.910. The average Bonchev–Trinajstić information content (AvgIpc) is 3.30. The van der Waals surface area contributed by atoms with Crippen molar-refractivity contribution in [2.45, 2.75) is 360 Å². The van der Waals surface area contributed by atoms with E-state index < -0.39 is 18.2 Å². The van der Waals surface area contributed by atoms with Gasteiger partial charge in [-0.15, -0.1) is 0 Å². The van der Waals surface area contributed by atoms with Crippen molar-refractivity contribution in [3.05, 3.63) is 12.2 Å². The van der Waals surface area contributed by atoms with Crippen LogP contribution in [0.1, 0.15) is 341 Å². The van der Waals surface area contributed by atoms with Crippen molar-refractivity contribution >= 4 is 5.91 Å². The number of allylic oxidation sites excluding steroid dienone is 2. The van der Waals surface area contributed by atoms with Crippen LogP contribution in [-0.4, -0.2) is 46.1 Å². The van der Waals surface area contributed by atoms with Crippen LogP contribution in [0.3, 0.4) is 0 Å². The summed E-state index contributed by atoms with van der Waals surface area (Å²) < 4.78 is 0. The fraction of sp³-hybridized carbons (Fsp3) is 0.950. The van der Waals surface area contributed by atoms with Gasteiger partial charge in [-0.3, -0.25) is 4.79 Å². The van der Waals surface area contributed by atoms with Gasteiger partial charge in [0.25, 0.3) is 0 Å². The van der Waals surface area contributed by atoms with E-state index in [-0.39, 0.29) is 18.9 Å². The standard InChI is InChI=1S/C60H119NO4/c1-3-5-7-9-11-13-15-17-19-21-23-25-27-28-29-30-31-32-33-35-37-39-41-43-45-47-49-51-53-57(63)55-60(65)61-58(56-62)59(64)54-52-50-48-46-44-42-40-38-36-34-26-24-22-20-18-16-14-12-10-8-6-4-2/h28-29,57-59,62-64H,3-27,30-56H2,1-2H3,(H,61,65)/b29-28-. The number of carbonyl (C=O) groups is 1. The molecule has 0 aliphatic rings. The van der Waals surface area contributed by atoms with Crippen molar-refractivity contribution < 1.29 is 20.1 Å². The predicted octanol–water partition coefficient (Wildman–Crippen LogP) is 18.7. The quantitative estimate of drug-likeness (QED) is 0.0361. The van der Waals surface area contributed by atoms with Gasteiger partial charge < -0.3 is 20.6 Å². The molecule has 0 aromatic carbocycles. The molecule has 0 saturated heterocycles. The van der Waals surface area contributed by atoms with Gasteiger partial charge in [-0.1, -0.05) is 309 Å². The normalized spacial score (nSPS) is 13.2. The average molecular weight is 919 g/mol. The molecule has 0 fully saturated rings. The highest BCUT2D eigenvalue weighted by molar-refractivity contribution is 5.76. The number of carbonyl (C=O) groups excluding carboxylic acids is 1. The maximum absolute atomic E-state index is 12.6. The Labute approximate surface area is 408 Å². The Balaban J connectivity index is 3.49. The van der Waals surface area contributed by atoms with Crippen molar-refractivity contribution in [1.29, 1.82) is 0 Å². The minimum Gasteiger partial charge on any atom is -0.394 e. The molecule has 0 saturated carbocycles. The lowest BCUT2D eigenvalue weighted by molar-refractivity contribution is -0.125. The van der Waals surface area contributed by atoms with E-state index in [2.05, 4.69) is 31.3 Å². The number of hydrogen-bond acceptors (Lipinski definition) is 4. The van der Waals surface area contributed by atoms with Gasteiger partial charge in [-0.05, 0) is 38.5 Å². The number of aliphatic hydroxyl groups excluding tert-OH is 3. The number of nitrogens with one attached hydrogen (secondary N) is 1. The molecule has 0 rings (SSSR count). The van der Waals surface area contributed by atoms with Crippen LogP contribution in [0, 0.1) is 0 Å². The second-order valence-electron chi connectivity index (χ2n) is 21.0. The van der Waals surface area contributed by atoms with Gasteiger partial charge >= 0.3 is 0 Å². The molecule has 65 heavy (non-hydrogen) atoms. The van der Waals surface area contributed by atoms with Crippen LogP contribution >= 0.6 is 0 Å². The first-order valence-electron chi connectivity index (χ1n) is 30.0. The Morgan fingerprint density at radius 2 is 0.615 bits per heavy atom. The van der Waals surface area contributed by atoms with Crippen LogP contribution in [0.5, 0.6) is 0 Å². The first-order valence-corrected chi connectivity index (χ1v) is 30.0. The highest BCUT2D eigenvalue weighted by Crippen LogP contribution is 2.18. The number of aliphatic hydroxyl groups is 3. The SMILES string of the molecule is CCCCCCCCCCCCCC/C=C\CCCCCCCCCCCCCCC(O)CC(=O)NC(CO)C(O)CCCCCCCCCCCCCCCCCCCCCCCC. The molecule has 4 N–H and O–H groups in total. The molecule has 0 aliphatic heterocycles. The lowest BCUT2D eigenvalue weighted by Gasteiger charge is -2.23. The highest BCUT2D eigenvalue weighted by atomic mass is 16.3. The largest absolute Gasteiger partial charge is 0.394 e. The molecule has 5 nitrogen and oxygen atoms in total. The molecular formula is C60H119NO4. The van der Waals surface area contributed by atoms with E-state index in [1.807, 2.05) is 0 Å². The van der Waals surface area contributed by atoms with E-state index in [1.165, 1.54) is 283 Å². The summed E-state index contributed by atoms with van der Waals surface area (Å²) in [5.41, 5.74) is 0. The fourth-order valence-electron chi connectivity index (χ4n) is 9.76. The van der Waals surface area contributed by atoms with Crippen LogP contribution in [0.25, 0.3) is 0 Å². The van der Waals surface area contributed by atoms with Crippen molar-refractivity contribution in [2.75, 3.05) is 6.61 Å². The molecule has 0 aliphatic carbocycles. The Bertz CT molecular complexity index is 925. The summed E-state index contributed by atoms with van der Waals surface area (Å²) in [6, 6.07) is -0.657. The lowest BCUT2D eigenvalue weighted by atomic mass is 10.0. The number of amides is 1. The summed E-state index contributed by atoms with van der Waals surface area (Å²) in [6.45, 7) is 4.31. The molecule has 388 valence electrons. The minimum atomic E-state index is -0.748. The van der Waals surface area contributed by atoms with Crippen molar-refractivity contribution in [1.82, 2.24) is 5.32 Å². The number of hydrogen-bond donors (Lipinski definition) is 4. The molecule has 0 radical (unpaired) electrons. The second kappa shape index (κ2) is 55.7. The summed E-state index contributed by atoms with van der Waals surface area (Å²) >= 11 is 0. The summed E-state index contributed by atoms with van der Waals surface area (Å²) in [7, 11) is 0. The predicted molar refractivity (Wildman–Crippen MR) is 287 cm³/mol. The molecule has 0 heterocycles. The summed E-state index contributed by atoms with van der Waals surface area (Å²) in [4.78, 5) is 12.6. The van der Waals surface area contributed by atoms with E-state index in [9.17, 15) is 20.1 Å². The summed E-state index contributed by atoms with van der Waals surface area (Å²) in [5.74, 6) is -0.276. The van der Waals surface area contributed by atoms with E-state index in [1.54, 1.807) is 0 Å². The zero-order valence-electron chi connectivity index (χ0n) is 44.4. The summed E-state index contributed by atoms with van der Waals surface area (Å²) in [5, 5.41) is 33.7. The molecule has 0 aromatic rings. The van der Waals surface area contributed by atoms with Crippen LogP contribution in [0.15, 0.2) is 12.2 Å². The van der Waals surface area contributed by atoms with Gasteiger partial charge in [-0.2, -0.15) is 0 Å². The highest BCUT2D eigenvalue weighted by Gasteiger charge is 2.21. The topological polar surface area (TPSA) is 89.8 Å². The molecule has 0 spiro atoms. The number of unbranched alkanes of at least 4 members (excludes halogenated alkanes) is 45. The van der Waals surface area contributed by atoms with Gasteiger partial charge in [0.05, 0.1) is 31.3 Å². The molecule has 3 atom stereocenters. The Kier molecular flexibility index (Phi) is 54.9. The Morgan fingerprint density at radius 1 is 0.369 bits per heavy atom. The minimum absolute atomic E-state index is 0.0405. The van der Waals surface area contributed by atoms with E-state index in [0.29, 0.717) is 12.8 Å². The fourth-order valence-corrected chi connectivity index (χ4v) is 9.76. The first-order chi connectivity index (χ1) is 32.0. The van der Waals surface area contributed by atoms with Gasteiger partial charge in [0.2, 0.25) is 5.91 Å². The van der Waals surface area contributed by atoms with E-state index >= 15 is 0 Å². The van der Waals surface area contributed by atoms with Gasteiger partial charge in [0, 0.05) is 0 Å². The van der Waals surface area contributed by atoms with Crippen LogP contribution in [-0.2, 0) is 4.79 Å². The van der Waals surface area contributed by atoms with Crippen molar-refractivity contribution in [2.24, 2.45) is 0 Å². The first kappa shape index (κ1) is 64.1. The number of rotatable bonds is 56. The maximum atomic E-state index is 12.6. The van der Waals surface area contributed by atoms with E-state index in [4.69, 9.17) is 0 Å². The van der Waals surface area contributed by atoms with Gasteiger partial charge in [-0.25, -0.2) is 0 Å². The molecule has 1 amide bonds. The molecule has 0 aromatic heterocycles. The van der Waals surface area contributed by atoms with Crippen LogP contribution < -0.4 is 5.32 Å². The molecule has 3 unspecified atom stereocenters. The smallest absolute Gasteiger partial charge is 0.222 e. The zero-order chi connectivity index (χ0) is 47.2.